The molecule has 0 aliphatic heterocycles. The van der Waals surface area contributed by atoms with Crippen LogP contribution in [0.1, 0.15) is 52.5 Å². The first-order valence-electron chi connectivity index (χ1n) is 11.6. The fourth-order valence-electron chi connectivity index (χ4n) is 4.21. The number of likely N-dealkylation sites (N-methyl/N-ethyl adjacent to an activating group) is 1. The van der Waals surface area contributed by atoms with Crippen molar-refractivity contribution < 1.29 is 14.3 Å². The maximum absolute atomic E-state index is 13.2. The summed E-state index contributed by atoms with van der Waals surface area (Å²) in [5.41, 5.74) is 7.62. The lowest BCUT2D eigenvalue weighted by Crippen LogP contribution is -2.41. The van der Waals surface area contributed by atoms with Gasteiger partial charge in [-0.2, -0.15) is 0 Å². The minimum absolute atomic E-state index is 0.108. The molecule has 3 aromatic rings. The lowest BCUT2D eigenvalue weighted by atomic mass is 9.94. The largest absolute Gasteiger partial charge is 0.467 e. The Bertz CT molecular complexity index is 1230. The highest BCUT2D eigenvalue weighted by atomic mass is 35.5. The number of nitrogens with zero attached hydrogens (tertiary/aromatic N) is 1. The van der Waals surface area contributed by atoms with Gasteiger partial charge < -0.3 is 15.0 Å². The number of carbonyl (C=O) groups is 2. The molecule has 3 aromatic carbocycles. The van der Waals surface area contributed by atoms with Gasteiger partial charge in [0.05, 0.1) is 7.11 Å². The monoisotopic (exact) mass is 492 g/mol. The summed E-state index contributed by atoms with van der Waals surface area (Å²) in [6.07, 6.45) is 0. The number of amides is 1. The molecule has 0 fully saturated rings. The molecule has 0 radical (unpaired) electrons. The second-order valence-electron chi connectivity index (χ2n) is 9.06. The molecule has 2 atom stereocenters. The zero-order valence-corrected chi connectivity index (χ0v) is 22.2. The van der Waals surface area contributed by atoms with Gasteiger partial charge in [-0.15, -0.1) is 0 Å². The number of esters is 1. The van der Waals surface area contributed by atoms with Gasteiger partial charge in [-0.25, -0.2) is 4.79 Å². The predicted molar refractivity (Wildman–Crippen MR) is 143 cm³/mol. The number of ether oxygens (including phenoxy) is 1. The number of rotatable bonds is 7. The average Bonchev–Trinajstić information content (AvgIpc) is 2.83. The fourth-order valence-corrected chi connectivity index (χ4v) is 4.33. The van der Waals surface area contributed by atoms with Crippen molar-refractivity contribution in [3.8, 4) is 11.1 Å². The van der Waals surface area contributed by atoms with Gasteiger partial charge in [-0.1, -0.05) is 48.0 Å². The molecule has 0 bridgehead atoms. The molecule has 0 saturated carbocycles. The van der Waals surface area contributed by atoms with Gasteiger partial charge in [0.15, 0.2) is 0 Å². The van der Waals surface area contributed by atoms with Crippen molar-refractivity contribution in [1.82, 2.24) is 4.90 Å². The molecule has 0 aliphatic carbocycles. The van der Waals surface area contributed by atoms with Crippen molar-refractivity contribution in [3.05, 3.63) is 87.4 Å². The molecule has 1 amide bonds. The topological polar surface area (TPSA) is 58.6 Å². The maximum Gasteiger partial charge on any atom is 0.328 e. The molecule has 5 nitrogen and oxygen atoms in total. The van der Waals surface area contributed by atoms with Gasteiger partial charge in [0.1, 0.15) is 6.04 Å². The van der Waals surface area contributed by atoms with E-state index in [4.69, 9.17) is 16.3 Å². The normalized spacial score (nSPS) is 12.6. The van der Waals surface area contributed by atoms with Crippen LogP contribution >= 0.6 is 11.6 Å². The van der Waals surface area contributed by atoms with Crippen LogP contribution in [0.2, 0.25) is 5.02 Å². The van der Waals surface area contributed by atoms with Gasteiger partial charge in [-0.05, 0) is 86.2 Å². The quantitative estimate of drug-likeness (QED) is 0.371. The fraction of sp³-hybridized carbons (Fsp3) is 0.310. The minimum atomic E-state index is -0.667. The number of carbonyl (C=O) groups excluding carboxylic acids is 2. The van der Waals surface area contributed by atoms with Crippen LogP contribution in [0.15, 0.2) is 54.6 Å². The Kier molecular flexibility index (Phi) is 8.23. The zero-order chi connectivity index (χ0) is 25.9. The van der Waals surface area contributed by atoms with Crippen LogP contribution in [0.25, 0.3) is 11.1 Å². The Labute approximate surface area is 213 Å². The third-order valence-electron chi connectivity index (χ3n) is 6.45. The Morgan fingerprint density at radius 3 is 2.17 bits per heavy atom. The lowest BCUT2D eigenvalue weighted by molar-refractivity contribution is -0.144. The molecular weight excluding hydrogens is 460 g/mol. The van der Waals surface area contributed by atoms with Crippen LogP contribution in [0.3, 0.4) is 0 Å². The summed E-state index contributed by atoms with van der Waals surface area (Å²) in [4.78, 5) is 26.5. The van der Waals surface area contributed by atoms with E-state index in [2.05, 4.69) is 30.4 Å². The van der Waals surface area contributed by atoms with Gasteiger partial charge in [-0.3, -0.25) is 4.79 Å². The summed E-state index contributed by atoms with van der Waals surface area (Å²) in [6, 6.07) is 17.8. The summed E-state index contributed by atoms with van der Waals surface area (Å²) in [7, 11) is 2.94. The number of methoxy groups -OCH3 is 1. The minimum Gasteiger partial charge on any atom is -0.467 e. The number of aryl methyl sites for hydroxylation is 3. The van der Waals surface area contributed by atoms with Crippen LogP contribution in [-0.4, -0.2) is 37.0 Å². The van der Waals surface area contributed by atoms with Crippen LogP contribution in [0, 0.1) is 20.8 Å². The number of benzene rings is 3. The van der Waals surface area contributed by atoms with E-state index in [9.17, 15) is 9.59 Å². The smallest absolute Gasteiger partial charge is 0.328 e. The Balaban J connectivity index is 1.86. The first-order chi connectivity index (χ1) is 16.5. The Morgan fingerprint density at radius 1 is 0.914 bits per heavy atom. The van der Waals surface area contributed by atoms with Crippen LogP contribution in [0.5, 0.6) is 0 Å². The second-order valence-corrected chi connectivity index (χ2v) is 9.46. The standard InChI is InChI=1S/C29H33ClN2O3/c1-17-13-22(11-12-26(17)30)20(4)31-25-10-8-9-23(16-25)24-14-18(2)27(19(3)15-24)28(33)32(6)21(5)29(34)35-7/h8-16,20-21,31H,1-7H3/t20-,21+/m1/s1. The molecular formula is C29H33ClN2O3. The van der Waals surface area contributed by atoms with Crippen molar-refractivity contribution in [2.45, 2.75) is 46.7 Å². The SMILES string of the molecule is COC(=O)[C@H](C)N(C)C(=O)c1c(C)cc(-c2cccc(N[C@H](C)c3ccc(Cl)c(C)c3)c2)cc1C. The zero-order valence-electron chi connectivity index (χ0n) is 21.4. The van der Waals surface area contributed by atoms with Gasteiger partial charge in [0, 0.05) is 29.4 Å². The second kappa shape index (κ2) is 11.0. The molecule has 35 heavy (non-hydrogen) atoms. The summed E-state index contributed by atoms with van der Waals surface area (Å²) in [6.45, 7) is 9.64. The van der Waals surface area contributed by atoms with E-state index in [1.807, 2.05) is 57.2 Å². The molecule has 0 heterocycles. The van der Waals surface area contributed by atoms with Crippen molar-refractivity contribution >= 4 is 29.2 Å². The predicted octanol–water partition coefficient (Wildman–Crippen LogP) is 6.74. The third kappa shape index (κ3) is 5.85. The van der Waals surface area contributed by atoms with E-state index >= 15 is 0 Å². The van der Waals surface area contributed by atoms with Crippen LogP contribution in [0.4, 0.5) is 5.69 Å². The van der Waals surface area contributed by atoms with Gasteiger partial charge in [0.2, 0.25) is 0 Å². The number of hydrogen-bond acceptors (Lipinski definition) is 4. The van der Waals surface area contributed by atoms with E-state index in [0.717, 1.165) is 44.1 Å². The molecule has 0 aliphatic rings. The number of anilines is 1. The van der Waals surface area contributed by atoms with Crippen molar-refractivity contribution in [3.63, 3.8) is 0 Å². The highest BCUT2D eigenvalue weighted by Gasteiger charge is 2.26. The summed E-state index contributed by atoms with van der Waals surface area (Å²) in [5, 5.41) is 4.34. The van der Waals surface area contributed by atoms with E-state index in [0.29, 0.717) is 5.56 Å². The Hall–Kier alpha value is -3.31. The third-order valence-corrected chi connectivity index (χ3v) is 6.88. The van der Waals surface area contributed by atoms with E-state index in [1.54, 1.807) is 14.0 Å². The highest BCUT2D eigenvalue weighted by molar-refractivity contribution is 6.31. The molecule has 0 aromatic heterocycles. The molecule has 184 valence electrons. The van der Waals surface area contributed by atoms with Crippen LogP contribution < -0.4 is 5.32 Å². The van der Waals surface area contributed by atoms with Crippen molar-refractivity contribution in [2.75, 3.05) is 19.5 Å². The van der Waals surface area contributed by atoms with Crippen molar-refractivity contribution in [2.24, 2.45) is 0 Å². The Morgan fingerprint density at radius 2 is 1.57 bits per heavy atom. The summed E-state index contributed by atoms with van der Waals surface area (Å²) >= 11 is 6.18. The van der Waals surface area contributed by atoms with Gasteiger partial charge in [0.25, 0.3) is 5.91 Å². The maximum atomic E-state index is 13.2. The molecule has 1 N–H and O–H groups in total. The first kappa shape index (κ1) is 26.3. The first-order valence-corrected chi connectivity index (χ1v) is 12.0. The summed E-state index contributed by atoms with van der Waals surface area (Å²) < 4.78 is 4.79. The van der Waals surface area contributed by atoms with Crippen molar-refractivity contribution in [1.29, 1.82) is 0 Å². The van der Waals surface area contributed by atoms with E-state index in [1.165, 1.54) is 12.0 Å². The van der Waals surface area contributed by atoms with E-state index < -0.39 is 12.0 Å². The average molecular weight is 493 g/mol. The highest BCUT2D eigenvalue weighted by Crippen LogP contribution is 2.30. The van der Waals surface area contributed by atoms with Gasteiger partial charge >= 0.3 is 5.97 Å². The molecule has 0 spiro atoms. The molecule has 6 heteroatoms. The number of halogens is 1. The number of nitrogens with one attached hydrogen (secondary N) is 1. The summed E-state index contributed by atoms with van der Waals surface area (Å²) in [5.74, 6) is -0.646. The van der Waals surface area contributed by atoms with E-state index in [-0.39, 0.29) is 11.9 Å². The number of hydrogen-bond donors (Lipinski definition) is 1. The lowest BCUT2D eigenvalue weighted by Gasteiger charge is -2.25. The molecule has 3 rings (SSSR count). The molecule has 0 saturated heterocycles. The molecule has 0 unspecified atom stereocenters. The van der Waals surface area contributed by atoms with Crippen LogP contribution in [-0.2, 0) is 9.53 Å².